The lowest BCUT2D eigenvalue weighted by Gasteiger charge is -2.55. The number of anilines is 3. The number of hydroxylamine groups is 4. The Kier molecular flexibility index (Phi) is 13.4. The Hall–Kier alpha value is -3.29. The van der Waals surface area contributed by atoms with E-state index in [1.54, 1.807) is 0 Å². The van der Waals surface area contributed by atoms with Gasteiger partial charge in [-0.25, -0.2) is 9.59 Å². The van der Waals surface area contributed by atoms with E-state index >= 15 is 0 Å². The molecule has 0 saturated carbocycles. The topological polar surface area (TPSA) is 117 Å². The molecule has 52 heavy (non-hydrogen) atoms. The number of hydrogen-bond donors (Lipinski definition) is 0. The molecule has 1 aromatic rings. The second kappa shape index (κ2) is 16.8. The highest BCUT2D eigenvalue weighted by molar-refractivity contribution is 5.81. The van der Waals surface area contributed by atoms with E-state index in [0.717, 1.165) is 64.5 Å². The van der Waals surface area contributed by atoms with Crippen LogP contribution in [0.25, 0.3) is 0 Å². The van der Waals surface area contributed by atoms with Crippen LogP contribution in [0, 0.1) is 0 Å². The number of morpholine rings is 1. The minimum atomic E-state index is -0.466. The van der Waals surface area contributed by atoms with Crippen LogP contribution in [-0.2, 0) is 24.0 Å². The van der Waals surface area contributed by atoms with E-state index in [9.17, 15) is 9.59 Å². The smallest absolute Gasteiger partial charge is 0.349 e. The molecule has 0 bridgehead atoms. The molecule has 292 valence electrons. The highest BCUT2D eigenvalue weighted by Gasteiger charge is 2.51. The number of rotatable bonds is 15. The highest BCUT2D eigenvalue weighted by atomic mass is 16.7. The zero-order chi connectivity index (χ0) is 38.5. The van der Waals surface area contributed by atoms with Gasteiger partial charge in [-0.1, -0.05) is 39.8 Å². The summed E-state index contributed by atoms with van der Waals surface area (Å²) in [5.41, 5.74) is -1.87. The molecule has 3 saturated heterocycles. The van der Waals surface area contributed by atoms with Crippen molar-refractivity contribution in [3.05, 3.63) is 25.3 Å². The van der Waals surface area contributed by atoms with Crippen molar-refractivity contribution in [3.8, 4) is 0 Å². The van der Waals surface area contributed by atoms with Crippen LogP contribution >= 0.6 is 0 Å². The molecule has 0 spiro atoms. The van der Waals surface area contributed by atoms with E-state index in [1.807, 2.05) is 10.1 Å². The molecule has 4 heterocycles. The lowest BCUT2D eigenvalue weighted by Crippen LogP contribution is -2.65. The van der Waals surface area contributed by atoms with Gasteiger partial charge in [-0.2, -0.15) is 15.0 Å². The maximum atomic E-state index is 12.4. The first-order valence-electron chi connectivity index (χ1n) is 19.3. The van der Waals surface area contributed by atoms with Crippen LogP contribution in [0.15, 0.2) is 25.3 Å². The van der Waals surface area contributed by atoms with Crippen LogP contribution < -0.4 is 14.7 Å². The fourth-order valence-electron chi connectivity index (χ4n) is 8.66. The van der Waals surface area contributed by atoms with Gasteiger partial charge in [-0.15, -0.1) is 10.1 Å². The molecular weight excluding hydrogens is 660 g/mol. The predicted octanol–water partition coefficient (Wildman–Crippen LogP) is 6.25. The van der Waals surface area contributed by atoms with Gasteiger partial charge in [0.2, 0.25) is 17.8 Å². The number of piperidine rings is 2. The van der Waals surface area contributed by atoms with Gasteiger partial charge in [0.15, 0.2) is 0 Å². The second-order valence-corrected chi connectivity index (χ2v) is 17.1. The van der Waals surface area contributed by atoms with Crippen LogP contribution in [0.2, 0.25) is 0 Å². The summed E-state index contributed by atoms with van der Waals surface area (Å²) in [7, 11) is 0. The quantitative estimate of drug-likeness (QED) is 0.190. The minimum Gasteiger partial charge on any atom is -0.378 e. The Morgan fingerprint density at radius 3 is 1.40 bits per heavy atom. The summed E-state index contributed by atoms with van der Waals surface area (Å²) in [4.78, 5) is 59.4. The predicted molar refractivity (Wildman–Crippen MR) is 206 cm³/mol. The summed E-state index contributed by atoms with van der Waals surface area (Å²) < 4.78 is 5.73. The Morgan fingerprint density at radius 1 is 0.712 bits per heavy atom. The first-order valence-corrected chi connectivity index (χ1v) is 19.3. The van der Waals surface area contributed by atoms with E-state index in [4.69, 9.17) is 29.4 Å². The van der Waals surface area contributed by atoms with Crippen molar-refractivity contribution in [1.82, 2.24) is 25.1 Å². The average Bonchev–Trinajstić information content (AvgIpc) is 3.07. The molecule has 0 N–H and O–H groups in total. The molecule has 3 fully saturated rings. The maximum Gasteiger partial charge on any atom is 0.349 e. The molecule has 0 unspecified atom stereocenters. The van der Waals surface area contributed by atoms with Gasteiger partial charge in [0.1, 0.15) is 0 Å². The molecule has 0 radical (unpaired) electrons. The molecule has 0 aromatic carbocycles. The Morgan fingerprint density at radius 2 is 1.08 bits per heavy atom. The van der Waals surface area contributed by atoms with Gasteiger partial charge in [0.05, 0.1) is 35.4 Å². The van der Waals surface area contributed by atoms with Crippen LogP contribution in [0.1, 0.15) is 121 Å². The number of unbranched alkanes of at least 4 members (excludes halogenated alkanes) is 2. The summed E-state index contributed by atoms with van der Waals surface area (Å²) >= 11 is 0. The van der Waals surface area contributed by atoms with Crippen LogP contribution in [0.3, 0.4) is 0 Å². The van der Waals surface area contributed by atoms with Gasteiger partial charge in [-0.05, 0) is 93.9 Å². The Balaban J connectivity index is 1.82. The number of ether oxygens (including phenoxy) is 1. The lowest BCUT2D eigenvalue weighted by molar-refractivity contribution is -0.263. The van der Waals surface area contributed by atoms with Gasteiger partial charge < -0.3 is 29.1 Å². The van der Waals surface area contributed by atoms with Crippen molar-refractivity contribution < 1.29 is 24.0 Å². The molecular formula is C39H66N8O5. The van der Waals surface area contributed by atoms with Gasteiger partial charge in [0.25, 0.3) is 0 Å². The molecule has 1 aromatic heterocycles. The third-order valence-corrected chi connectivity index (χ3v) is 10.6. The van der Waals surface area contributed by atoms with Gasteiger partial charge >= 0.3 is 11.9 Å². The van der Waals surface area contributed by atoms with Crippen molar-refractivity contribution in [2.45, 2.75) is 155 Å². The van der Waals surface area contributed by atoms with Gasteiger partial charge in [0, 0.05) is 50.4 Å². The number of aromatic nitrogens is 3. The van der Waals surface area contributed by atoms with Crippen molar-refractivity contribution in [2.75, 3.05) is 54.1 Å². The van der Waals surface area contributed by atoms with E-state index in [0.29, 0.717) is 44.1 Å². The largest absolute Gasteiger partial charge is 0.378 e. The normalized spacial score (nSPS) is 22.0. The number of hydrogen-bond acceptors (Lipinski definition) is 13. The SMILES string of the molecule is C=CC(=O)ON1C(C)(C)CC(N(CCCC)c2nc(N3CCOCC3)nc(N(CCCC)C3CC(C)(C)N(OC(=O)C=C)C(C)(C)C3)n2)CC1(C)C. The van der Waals surface area contributed by atoms with Crippen LogP contribution in [-0.4, -0.2) is 111 Å². The zero-order valence-corrected chi connectivity index (χ0v) is 33.7. The molecule has 13 nitrogen and oxygen atoms in total. The summed E-state index contributed by atoms with van der Waals surface area (Å²) in [6, 6.07) is 0.153. The van der Waals surface area contributed by atoms with Crippen LogP contribution in [0.5, 0.6) is 0 Å². The molecule has 4 rings (SSSR count). The van der Waals surface area contributed by atoms with Crippen molar-refractivity contribution in [1.29, 1.82) is 0 Å². The molecule has 3 aliphatic rings. The average molecular weight is 727 g/mol. The van der Waals surface area contributed by atoms with Crippen LogP contribution in [0.4, 0.5) is 17.8 Å². The van der Waals surface area contributed by atoms with Crippen molar-refractivity contribution in [2.24, 2.45) is 0 Å². The molecule has 0 aliphatic carbocycles. The van der Waals surface area contributed by atoms with Gasteiger partial charge in [-0.3, -0.25) is 0 Å². The number of carbonyl (C=O) groups excluding carboxylic acids is 2. The maximum absolute atomic E-state index is 12.4. The third-order valence-electron chi connectivity index (χ3n) is 10.6. The van der Waals surface area contributed by atoms with E-state index in [2.05, 4.69) is 97.1 Å². The Labute approximate surface area is 312 Å². The zero-order valence-electron chi connectivity index (χ0n) is 33.7. The highest BCUT2D eigenvalue weighted by Crippen LogP contribution is 2.44. The molecule has 3 aliphatic heterocycles. The lowest BCUT2D eigenvalue weighted by atomic mass is 9.78. The summed E-state index contributed by atoms with van der Waals surface area (Å²) in [5.74, 6) is 1.10. The summed E-state index contributed by atoms with van der Waals surface area (Å²) in [6.07, 6.45) is 9.39. The second-order valence-electron chi connectivity index (χ2n) is 17.1. The summed E-state index contributed by atoms with van der Waals surface area (Å²) in [6.45, 7) is 32.9. The number of carbonyl (C=O) groups is 2. The first-order chi connectivity index (χ1) is 24.4. The van der Waals surface area contributed by atoms with E-state index in [-0.39, 0.29) is 12.1 Å². The minimum absolute atomic E-state index is 0.0766. The monoisotopic (exact) mass is 727 g/mol. The molecule has 13 heteroatoms. The number of nitrogens with zero attached hydrogens (tertiary/aromatic N) is 8. The fraction of sp³-hybridized carbons (Fsp3) is 0.769. The molecule has 0 amide bonds. The fourth-order valence-corrected chi connectivity index (χ4v) is 8.66. The molecule has 0 atom stereocenters. The van der Waals surface area contributed by atoms with E-state index in [1.165, 1.54) is 12.2 Å². The van der Waals surface area contributed by atoms with E-state index < -0.39 is 34.1 Å². The summed E-state index contributed by atoms with van der Waals surface area (Å²) in [5, 5.41) is 3.70. The third kappa shape index (κ3) is 9.62. The standard InChI is InChI=1S/C39H66N8O5/c1-13-17-19-44(29-25-36(5,6)46(37(7,8)26-29)51-31(48)15-3)34-40-33(43-21-23-50-24-22-43)41-35(42-34)45(20-18-14-2)30-27-38(9,10)47(39(11,12)28-30)52-32(49)16-4/h15-16,29-30H,3-4,13-14,17-28H2,1-2,5-12H3. The first kappa shape index (κ1) is 41.5. The van der Waals surface area contributed by atoms with Crippen molar-refractivity contribution in [3.63, 3.8) is 0 Å². The van der Waals surface area contributed by atoms with Crippen molar-refractivity contribution >= 4 is 29.8 Å². The Bertz CT molecular complexity index is 1280.